The van der Waals surface area contributed by atoms with Crippen LogP contribution in [-0.2, 0) is 6.61 Å². The number of carbonyl (C=O) groups excluding carboxylic acids is 1. The van der Waals surface area contributed by atoms with E-state index in [-0.39, 0.29) is 12.5 Å². The van der Waals surface area contributed by atoms with E-state index in [4.69, 9.17) is 4.74 Å². The van der Waals surface area contributed by atoms with Gasteiger partial charge in [0.15, 0.2) is 0 Å². The zero-order chi connectivity index (χ0) is 18.3. The van der Waals surface area contributed by atoms with Gasteiger partial charge in [0.25, 0.3) is 5.91 Å². The number of thiophene rings is 1. The highest BCUT2D eigenvalue weighted by Gasteiger charge is 2.44. The molecule has 1 amide bonds. The quantitative estimate of drug-likeness (QED) is 0.674. The third-order valence-electron chi connectivity index (χ3n) is 4.65. The highest BCUT2D eigenvalue weighted by molar-refractivity contribution is 7.19. The van der Waals surface area contributed by atoms with Gasteiger partial charge in [-0.3, -0.25) is 4.79 Å². The van der Waals surface area contributed by atoms with E-state index in [1.54, 1.807) is 22.7 Å². The molecule has 0 aliphatic heterocycles. The molecule has 136 valence electrons. The number of hydrogen-bond acceptors (Lipinski definition) is 6. The van der Waals surface area contributed by atoms with Crippen LogP contribution in [0.1, 0.15) is 38.0 Å². The fourth-order valence-corrected chi connectivity index (χ4v) is 4.72. The Morgan fingerprint density at radius 2 is 2.15 bits per heavy atom. The minimum atomic E-state index is -0.421. The molecular weight excluding hydrogens is 368 g/mol. The first-order valence-electron chi connectivity index (χ1n) is 8.50. The number of aryl methyl sites for hydroxylation is 2. The summed E-state index contributed by atoms with van der Waals surface area (Å²) in [7, 11) is 0. The Labute approximate surface area is 159 Å². The van der Waals surface area contributed by atoms with E-state index in [9.17, 15) is 9.90 Å². The van der Waals surface area contributed by atoms with Crippen molar-refractivity contribution in [2.24, 2.45) is 0 Å². The lowest BCUT2D eigenvalue weighted by molar-refractivity contribution is 0.0908. The second kappa shape index (κ2) is 6.64. The molecule has 1 aliphatic rings. The minimum Gasteiger partial charge on any atom is -0.488 e. The highest BCUT2D eigenvalue weighted by Crippen LogP contribution is 2.37. The predicted molar refractivity (Wildman–Crippen MR) is 104 cm³/mol. The van der Waals surface area contributed by atoms with Crippen LogP contribution in [0.2, 0.25) is 0 Å². The van der Waals surface area contributed by atoms with E-state index in [0.29, 0.717) is 12.2 Å². The molecule has 0 radical (unpaired) electrons. The van der Waals surface area contributed by atoms with Crippen molar-refractivity contribution in [3.05, 3.63) is 44.7 Å². The number of nitrogens with zero attached hydrogens (tertiary/aromatic N) is 1. The van der Waals surface area contributed by atoms with Gasteiger partial charge in [0.1, 0.15) is 12.4 Å². The normalized spacial score (nSPS) is 15.2. The molecule has 7 heteroatoms. The lowest BCUT2D eigenvalue weighted by Gasteiger charge is -2.14. The Balaban J connectivity index is 1.59. The van der Waals surface area contributed by atoms with Crippen molar-refractivity contribution >= 4 is 38.7 Å². The Hall–Kier alpha value is -1.96. The molecular formula is C19H20N2O3S2. The van der Waals surface area contributed by atoms with Crippen molar-refractivity contribution in [3.8, 4) is 5.75 Å². The Kier molecular flexibility index (Phi) is 4.46. The number of fused-ring (bicyclic) bond motifs is 1. The van der Waals surface area contributed by atoms with Crippen LogP contribution >= 0.6 is 22.7 Å². The van der Waals surface area contributed by atoms with E-state index < -0.39 is 5.54 Å². The zero-order valence-electron chi connectivity index (χ0n) is 14.7. The van der Waals surface area contributed by atoms with Gasteiger partial charge in [-0.15, -0.1) is 22.7 Å². The van der Waals surface area contributed by atoms with E-state index in [1.807, 2.05) is 38.2 Å². The van der Waals surface area contributed by atoms with Crippen LogP contribution in [0.15, 0.2) is 24.4 Å². The topological polar surface area (TPSA) is 71.5 Å². The molecule has 0 atom stereocenters. The van der Waals surface area contributed by atoms with Gasteiger partial charge in [0.05, 0.1) is 27.6 Å². The van der Waals surface area contributed by atoms with Crippen molar-refractivity contribution in [1.82, 2.24) is 10.3 Å². The maximum absolute atomic E-state index is 12.8. The molecule has 3 aromatic rings. The van der Waals surface area contributed by atoms with Crippen molar-refractivity contribution < 1.29 is 14.6 Å². The van der Waals surface area contributed by atoms with Crippen LogP contribution in [0, 0.1) is 13.8 Å². The van der Waals surface area contributed by atoms with Gasteiger partial charge in [-0.25, -0.2) is 4.98 Å². The molecule has 1 saturated carbocycles. The number of nitrogens with one attached hydrogen (secondary N) is 1. The summed E-state index contributed by atoms with van der Waals surface area (Å²) in [5.74, 6) is 0.620. The molecule has 2 aromatic heterocycles. The first kappa shape index (κ1) is 17.5. The minimum absolute atomic E-state index is 0.0114. The van der Waals surface area contributed by atoms with Crippen LogP contribution in [0.3, 0.4) is 0 Å². The van der Waals surface area contributed by atoms with Crippen LogP contribution in [0.4, 0.5) is 0 Å². The molecule has 0 bridgehead atoms. The average molecular weight is 389 g/mol. The Morgan fingerprint density at radius 3 is 2.81 bits per heavy atom. The van der Waals surface area contributed by atoms with Gasteiger partial charge >= 0.3 is 0 Å². The third kappa shape index (κ3) is 3.34. The molecule has 5 nitrogen and oxygen atoms in total. The largest absolute Gasteiger partial charge is 0.488 e. The number of rotatable bonds is 6. The van der Waals surface area contributed by atoms with Crippen LogP contribution in [-0.4, -0.2) is 28.1 Å². The number of amides is 1. The number of aliphatic hydroxyl groups excluding tert-OH is 1. The van der Waals surface area contributed by atoms with Gasteiger partial charge in [-0.05, 0) is 44.9 Å². The maximum Gasteiger partial charge on any atom is 0.253 e. The Bertz CT molecular complexity index is 972. The number of thiazole rings is 1. The number of aromatic nitrogens is 1. The smallest absolute Gasteiger partial charge is 0.253 e. The van der Waals surface area contributed by atoms with Gasteiger partial charge in [0, 0.05) is 21.2 Å². The molecule has 0 spiro atoms. The lowest BCUT2D eigenvalue weighted by Crippen LogP contribution is -2.39. The summed E-state index contributed by atoms with van der Waals surface area (Å²) >= 11 is 3.22. The lowest BCUT2D eigenvalue weighted by atomic mass is 10.1. The molecule has 2 heterocycles. The summed E-state index contributed by atoms with van der Waals surface area (Å²) < 4.78 is 6.95. The highest BCUT2D eigenvalue weighted by atomic mass is 32.1. The van der Waals surface area contributed by atoms with E-state index >= 15 is 0 Å². The molecule has 0 unspecified atom stereocenters. The summed E-state index contributed by atoms with van der Waals surface area (Å²) in [4.78, 5) is 19.1. The summed E-state index contributed by atoms with van der Waals surface area (Å²) in [5.41, 5.74) is 0.263. The molecule has 2 N–H and O–H groups in total. The number of carbonyl (C=O) groups is 1. The van der Waals surface area contributed by atoms with Crippen LogP contribution < -0.4 is 10.1 Å². The predicted octanol–water partition coefficient (Wildman–Crippen LogP) is 3.81. The second-order valence-electron chi connectivity index (χ2n) is 6.72. The number of aliphatic hydroxyl groups is 1. The van der Waals surface area contributed by atoms with Crippen LogP contribution in [0.5, 0.6) is 5.75 Å². The monoisotopic (exact) mass is 388 g/mol. The summed E-state index contributed by atoms with van der Waals surface area (Å²) in [6, 6.07) is 5.86. The first-order valence-corrected chi connectivity index (χ1v) is 10.1. The molecule has 1 aromatic carbocycles. The number of benzene rings is 1. The van der Waals surface area contributed by atoms with Crippen molar-refractivity contribution in [3.63, 3.8) is 0 Å². The fourth-order valence-electron chi connectivity index (χ4n) is 2.97. The average Bonchev–Trinajstić information content (AvgIpc) is 3.13. The van der Waals surface area contributed by atoms with E-state index in [1.165, 1.54) is 0 Å². The zero-order valence-corrected chi connectivity index (χ0v) is 16.3. The summed E-state index contributed by atoms with van der Waals surface area (Å²) in [6.07, 6.45) is 3.49. The fraction of sp³-hybridized carbons (Fsp3) is 0.368. The maximum atomic E-state index is 12.8. The van der Waals surface area contributed by atoms with Gasteiger partial charge in [-0.2, -0.15) is 0 Å². The molecule has 1 fully saturated rings. The molecule has 26 heavy (non-hydrogen) atoms. The van der Waals surface area contributed by atoms with Crippen molar-refractivity contribution in [2.75, 3.05) is 6.61 Å². The molecule has 1 aliphatic carbocycles. The van der Waals surface area contributed by atoms with E-state index in [0.717, 1.165) is 43.4 Å². The third-order valence-corrected chi connectivity index (χ3v) is 6.62. The number of ether oxygens (including phenoxy) is 1. The first-order chi connectivity index (χ1) is 12.5. The molecule has 0 saturated heterocycles. The summed E-state index contributed by atoms with van der Waals surface area (Å²) in [6.45, 7) is 4.38. The van der Waals surface area contributed by atoms with Crippen molar-refractivity contribution in [1.29, 1.82) is 0 Å². The number of hydrogen-bond donors (Lipinski definition) is 2. The van der Waals surface area contributed by atoms with Gasteiger partial charge < -0.3 is 15.2 Å². The van der Waals surface area contributed by atoms with Crippen LogP contribution in [0.25, 0.3) is 10.1 Å². The molecule has 4 rings (SSSR count). The van der Waals surface area contributed by atoms with Gasteiger partial charge in [-0.1, -0.05) is 0 Å². The van der Waals surface area contributed by atoms with Crippen molar-refractivity contribution in [2.45, 2.75) is 38.8 Å². The SMILES string of the molecule is Cc1ncc(COc2ccc3sc(C)c(C(=O)NC4(CO)CC4)c3c2)s1. The Morgan fingerprint density at radius 1 is 1.35 bits per heavy atom. The van der Waals surface area contributed by atoms with E-state index in [2.05, 4.69) is 10.3 Å². The standard InChI is InChI=1S/C19H20N2O3S2/c1-11-17(18(23)21-19(10-22)5-6-19)15-7-13(3-4-16(15)25-11)24-9-14-8-20-12(2)26-14/h3-4,7-8,22H,5-6,9-10H2,1-2H3,(H,21,23). The summed E-state index contributed by atoms with van der Waals surface area (Å²) in [5, 5.41) is 14.4. The van der Waals surface area contributed by atoms with Gasteiger partial charge in [0.2, 0.25) is 0 Å². The second-order valence-corrected chi connectivity index (χ2v) is 9.29.